The molecule has 112 valence electrons. The van der Waals surface area contributed by atoms with Crippen LogP contribution in [0.1, 0.15) is 31.0 Å². The van der Waals surface area contributed by atoms with Crippen LogP contribution in [0.3, 0.4) is 0 Å². The van der Waals surface area contributed by atoms with Gasteiger partial charge in [-0.3, -0.25) is 4.79 Å². The third-order valence-corrected chi connectivity index (χ3v) is 2.60. The van der Waals surface area contributed by atoms with E-state index in [-0.39, 0.29) is 11.5 Å². The third kappa shape index (κ3) is 4.48. The number of primary amides is 1. The van der Waals surface area contributed by atoms with Crippen molar-refractivity contribution in [3.63, 3.8) is 0 Å². The molecule has 1 unspecified atom stereocenters. The van der Waals surface area contributed by atoms with E-state index in [0.29, 0.717) is 12.6 Å². The predicted molar refractivity (Wildman–Crippen MR) is 66.2 cm³/mol. The number of benzene rings is 1. The summed E-state index contributed by atoms with van der Waals surface area (Å²) in [6.07, 6.45) is -4.68. The molecule has 0 aromatic heterocycles. The quantitative estimate of drug-likeness (QED) is 0.820. The zero-order valence-corrected chi connectivity index (χ0v) is 11.1. The minimum Gasteiger partial charge on any atom is -0.368 e. The molecule has 1 aromatic carbocycles. The summed E-state index contributed by atoms with van der Waals surface area (Å²) in [5.74, 6) is -1.76. The van der Waals surface area contributed by atoms with Crippen LogP contribution in [0.15, 0.2) is 18.2 Å². The molecule has 0 aliphatic rings. The van der Waals surface area contributed by atoms with Crippen molar-refractivity contribution >= 4 is 5.91 Å². The molecule has 3 N–H and O–H groups in total. The highest BCUT2D eigenvalue weighted by Crippen LogP contribution is 2.31. The molecule has 0 aliphatic heterocycles. The van der Waals surface area contributed by atoms with Gasteiger partial charge in [0.1, 0.15) is 11.9 Å². The summed E-state index contributed by atoms with van der Waals surface area (Å²) in [4.78, 5) is 11.3. The molecule has 0 bridgehead atoms. The number of nitrogens with two attached hydrogens (primary N) is 1. The normalized spacial score (nSPS) is 13.6. The third-order valence-electron chi connectivity index (χ3n) is 2.60. The van der Waals surface area contributed by atoms with Gasteiger partial charge in [-0.05, 0) is 36.2 Å². The molecule has 0 radical (unpaired) electrons. The molecule has 1 rings (SSSR count). The second-order valence-corrected chi connectivity index (χ2v) is 4.91. The van der Waals surface area contributed by atoms with E-state index in [1.807, 2.05) is 13.8 Å². The van der Waals surface area contributed by atoms with E-state index in [1.165, 1.54) is 0 Å². The number of carbonyl (C=O) groups is 1. The molecule has 7 heteroatoms. The predicted octanol–water partition coefficient (Wildman–Crippen LogP) is 2.62. The van der Waals surface area contributed by atoms with Gasteiger partial charge in [0.15, 0.2) is 0 Å². The molecule has 0 saturated carbocycles. The summed E-state index contributed by atoms with van der Waals surface area (Å²) < 4.78 is 51.2. The molecule has 0 aliphatic carbocycles. The lowest BCUT2D eigenvalue weighted by atomic mass is 10.0. The lowest BCUT2D eigenvalue weighted by Crippen LogP contribution is -2.35. The molecule has 0 saturated heterocycles. The first-order chi connectivity index (χ1) is 9.11. The van der Waals surface area contributed by atoms with E-state index >= 15 is 0 Å². The van der Waals surface area contributed by atoms with Crippen molar-refractivity contribution in [1.29, 1.82) is 0 Å². The molecule has 0 spiro atoms. The standard InChI is InChI=1S/C13H16F4N2O/c1-7(2)6-19-11(12(18)20)8-3-9(13(15,16)17)5-10(14)4-8/h3-5,7,11,19H,6H2,1-2H3,(H2,18,20). The maximum absolute atomic E-state index is 13.3. The zero-order chi connectivity index (χ0) is 15.5. The Morgan fingerprint density at radius 1 is 1.30 bits per heavy atom. The monoisotopic (exact) mass is 292 g/mol. The Morgan fingerprint density at radius 2 is 1.90 bits per heavy atom. The van der Waals surface area contributed by atoms with Crippen LogP contribution in [0.2, 0.25) is 0 Å². The lowest BCUT2D eigenvalue weighted by molar-refractivity contribution is -0.138. The van der Waals surface area contributed by atoms with Gasteiger partial charge in [-0.15, -0.1) is 0 Å². The Kier molecular flexibility index (Phi) is 5.10. The van der Waals surface area contributed by atoms with Crippen LogP contribution in [0.25, 0.3) is 0 Å². The van der Waals surface area contributed by atoms with E-state index in [9.17, 15) is 22.4 Å². The highest BCUT2D eigenvalue weighted by Gasteiger charge is 2.32. The summed E-state index contributed by atoms with van der Waals surface area (Å²) in [6, 6.07) is 0.822. The number of rotatable bonds is 5. The molecule has 3 nitrogen and oxygen atoms in total. The van der Waals surface area contributed by atoms with E-state index in [0.717, 1.165) is 12.1 Å². The van der Waals surface area contributed by atoms with Crippen molar-refractivity contribution in [2.24, 2.45) is 11.7 Å². The van der Waals surface area contributed by atoms with E-state index in [2.05, 4.69) is 5.32 Å². The maximum Gasteiger partial charge on any atom is 0.416 e. The van der Waals surface area contributed by atoms with Gasteiger partial charge < -0.3 is 11.1 Å². The van der Waals surface area contributed by atoms with Crippen LogP contribution < -0.4 is 11.1 Å². The fraction of sp³-hybridized carbons (Fsp3) is 0.462. The average Bonchev–Trinajstić information content (AvgIpc) is 2.26. The smallest absolute Gasteiger partial charge is 0.368 e. The number of carbonyl (C=O) groups excluding carboxylic acids is 1. The van der Waals surface area contributed by atoms with Gasteiger partial charge in [0.2, 0.25) is 5.91 Å². The molecular formula is C13H16F4N2O. The van der Waals surface area contributed by atoms with Crippen LogP contribution >= 0.6 is 0 Å². The Balaban J connectivity index is 3.13. The lowest BCUT2D eigenvalue weighted by Gasteiger charge is -2.19. The molecular weight excluding hydrogens is 276 g/mol. The number of alkyl halides is 3. The SMILES string of the molecule is CC(C)CNC(C(N)=O)c1cc(F)cc(C(F)(F)F)c1. The summed E-state index contributed by atoms with van der Waals surface area (Å²) in [5.41, 5.74) is 3.88. The van der Waals surface area contributed by atoms with Crippen LogP contribution in [-0.2, 0) is 11.0 Å². The van der Waals surface area contributed by atoms with Crippen LogP contribution in [0.5, 0.6) is 0 Å². The highest BCUT2D eigenvalue weighted by molar-refractivity contribution is 5.81. The molecule has 0 fully saturated rings. The highest BCUT2D eigenvalue weighted by atomic mass is 19.4. The fourth-order valence-corrected chi connectivity index (χ4v) is 1.68. The first-order valence-electron chi connectivity index (χ1n) is 6.01. The van der Waals surface area contributed by atoms with Gasteiger partial charge in [0, 0.05) is 0 Å². The molecule has 1 aromatic rings. The summed E-state index contributed by atoms with van der Waals surface area (Å²) >= 11 is 0. The second kappa shape index (κ2) is 6.21. The van der Waals surface area contributed by atoms with Crippen molar-refractivity contribution in [1.82, 2.24) is 5.32 Å². The van der Waals surface area contributed by atoms with Crippen LogP contribution in [0, 0.1) is 11.7 Å². The van der Waals surface area contributed by atoms with Crippen molar-refractivity contribution in [3.05, 3.63) is 35.1 Å². The van der Waals surface area contributed by atoms with Gasteiger partial charge in [0.25, 0.3) is 0 Å². The summed E-state index contributed by atoms with van der Waals surface area (Å²) in [7, 11) is 0. The molecule has 1 atom stereocenters. The van der Waals surface area contributed by atoms with E-state index < -0.39 is 29.5 Å². The van der Waals surface area contributed by atoms with Gasteiger partial charge in [0.05, 0.1) is 5.56 Å². The molecule has 0 heterocycles. The zero-order valence-electron chi connectivity index (χ0n) is 11.1. The summed E-state index contributed by atoms with van der Waals surface area (Å²) in [6.45, 7) is 4.08. The Bertz CT molecular complexity index is 486. The van der Waals surface area contributed by atoms with Crippen molar-refractivity contribution in [3.8, 4) is 0 Å². The van der Waals surface area contributed by atoms with Gasteiger partial charge >= 0.3 is 6.18 Å². The number of amides is 1. The second-order valence-electron chi connectivity index (χ2n) is 4.91. The van der Waals surface area contributed by atoms with Gasteiger partial charge in [-0.2, -0.15) is 13.2 Å². The first kappa shape index (κ1) is 16.4. The molecule has 20 heavy (non-hydrogen) atoms. The van der Waals surface area contributed by atoms with Gasteiger partial charge in [-0.25, -0.2) is 4.39 Å². The number of hydrogen-bond acceptors (Lipinski definition) is 2. The minimum absolute atomic E-state index is 0.134. The van der Waals surface area contributed by atoms with Gasteiger partial charge in [-0.1, -0.05) is 13.8 Å². The van der Waals surface area contributed by atoms with E-state index in [1.54, 1.807) is 0 Å². The van der Waals surface area contributed by atoms with E-state index in [4.69, 9.17) is 5.73 Å². The van der Waals surface area contributed by atoms with Crippen molar-refractivity contribution in [2.75, 3.05) is 6.54 Å². The largest absolute Gasteiger partial charge is 0.416 e. The minimum atomic E-state index is -4.68. The van der Waals surface area contributed by atoms with Crippen LogP contribution in [-0.4, -0.2) is 12.5 Å². The topological polar surface area (TPSA) is 55.1 Å². The fourth-order valence-electron chi connectivity index (χ4n) is 1.68. The van der Waals surface area contributed by atoms with Crippen molar-refractivity contribution in [2.45, 2.75) is 26.1 Å². The maximum atomic E-state index is 13.3. The molecule has 1 amide bonds. The van der Waals surface area contributed by atoms with Crippen LogP contribution in [0.4, 0.5) is 17.6 Å². The number of halogens is 4. The number of hydrogen-bond donors (Lipinski definition) is 2. The Hall–Kier alpha value is -1.63. The van der Waals surface area contributed by atoms with Crippen molar-refractivity contribution < 1.29 is 22.4 Å². The Morgan fingerprint density at radius 3 is 2.35 bits per heavy atom. The average molecular weight is 292 g/mol. The number of nitrogens with one attached hydrogen (secondary N) is 1. The Labute approximate surface area is 114 Å². The first-order valence-corrected chi connectivity index (χ1v) is 6.01. The summed E-state index contributed by atoms with van der Waals surface area (Å²) in [5, 5.41) is 2.73.